The molecule has 0 N–H and O–H groups in total. The third-order valence-corrected chi connectivity index (χ3v) is 4.70. The minimum Gasteiger partial charge on any atom is -0.303 e. The van der Waals surface area contributed by atoms with E-state index >= 15 is 0 Å². The van der Waals surface area contributed by atoms with E-state index in [1.807, 2.05) is 48.5 Å². The van der Waals surface area contributed by atoms with Gasteiger partial charge in [-0.05, 0) is 38.4 Å². The Morgan fingerprint density at radius 2 is 1.50 bits per heavy atom. The first-order valence-corrected chi connectivity index (χ1v) is 9.69. The van der Waals surface area contributed by atoms with Crippen LogP contribution in [0.4, 0.5) is 0 Å². The van der Waals surface area contributed by atoms with Crippen molar-refractivity contribution in [2.75, 3.05) is 20.1 Å². The lowest BCUT2D eigenvalue weighted by atomic mass is 10.00. The van der Waals surface area contributed by atoms with Crippen molar-refractivity contribution in [3.8, 4) is 0 Å². The topological polar surface area (TPSA) is 20.3 Å². The van der Waals surface area contributed by atoms with Gasteiger partial charge in [-0.2, -0.15) is 0 Å². The van der Waals surface area contributed by atoms with Gasteiger partial charge in [-0.25, -0.2) is 0 Å². The number of rotatable bonds is 12. The van der Waals surface area contributed by atoms with Crippen LogP contribution in [0.15, 0.2) is 67.3 Å². The molecule has 0 heterocycles. The summed E-state index contributed by atoms with van der Waals surface area (Å²) in [5.74, 6) is 0.0959. The molecule has 0 bridgehead atoms. The number of carbonyl (C=O) groups is 1. The number of benzene rings is 2. The molecule has 0 aliphatic carbocycles. The molecule has 26 heavy (non-hydrogen) atoms. The zero-order valence-electron chi connectivity index (χ0n) is 16.0. The molecule has 2 aromatic rings. The summed E-state index contributed by atoms with van der Waals surface area (Å²) in [4.78, 5) is 14.7. The summed E-state index contributed by atoms with van der Waals surface area (Å²) in [6.07, 6.45) is 9.40. The molecule has 0 unspecified atom stereocenters. The Bertz CT molecular complexity index is 660. The van der Waals surface area contributed by atoms with Crippen molar-refractivity contribution >= 4 is 5.78 Å². The molecule has 0 aliphatic rings. The molecule has 2 heteroatoms. The van der Waals surface area contributed by atoms with E-state index in [0.29, 0.717) is 0 Å². The van der Waals surface area contributed by atoms with Gasteiger partial charge in [-0.15, -0.1) is 6.58 Å². The highest BCUT2D eigenvalue weighted by atomic mass is 16.1. The largest absolute Gasteiger partial charge is 0.303 e. The maximum Gasteiger partial charge on any atom is 0.193 e. The van der Waals surface area contributed by atoms with Gasteiger partial charge >= 0.3 is 0 Å². The van der Waals surface area contributed by atoms with Crippen LogP contribution >= 0.6 is 0 Å². The van der Waals surface area contributed by atoms with Crippen LogP contribution in [-0.2, 0) is 6.42 Å². The molecule has 0 amide bonds. The Balaban J connectivity index is 1.65. The fourth-order valence-electron chi connectivity index (χ4n) is 3.13. The standard InChI is InChI=1S/C24H31NO/c1-3-19-25(2)20-11-6-4-5-8-12-21-15-17-23(18-16-21)24(26)22-13-9-7-10-14-22/h3,7,9-10,13-18H,1,4-6,8,11-12,19-20H2,2H3. The molecular weight excluding hydrogens is 318 g/mol. The van der Waals surface area contributed by atoms with E-state index in [1.165, 1.54) is 37.7 Å². The Labute approximate surface area is 158 Å². The normalized spacial score (nSPS) is 10.8. The Hall–Kier alpha value is -2.19. The van der Waals surface area contributed by atoms with Crippen molar-refractivity contribution in [1.82, 2.24) is 4.90 Å². The van der Waals surface area contributed by atoms with Crippen molar-refractivity contribution in [1.29, 1.82) is 0 Å². The van der Waals surface area contributed by atoms with E-state index in [0.717, 1.165) is 30.6 Å². The van der Waals surface area contributed by atoms with Gasteiger partial charge in [0.2, 0.25) is 0 Å². The summed E-state index contributed by atoms with van der Waals surface area (Å²) >= 11 is 0. The van der Waals surface area contributed by atoms with E-state index in [9.17, 15) is 4.79 Å². The predicted octanol–water partition coefficient (Wildman–Crippen LogP) is 5.53. The van der Waals surface area contributed by atoms with Gasteiger partial charge in [-0.1, -0.05) is 79.9 Å². The van der Waals surface area contributed by atoms with Crippen LogP contribution in [0.25, 0.3) is 0 Å². The molecule has 138 valence electrons. The Morgan fingerprint density at radius 1 is 0.885 bits per heavy atom. The Kier molecular flexibility index (Phi) is 8.85. The van der Waals surface area contributed by atoms with Crippen LogP contribution in [0.1, 0.15) is 53.6 Å². The van der Waals surface area contributed by atoms with E-state index < -0.39 is 0 Å². The average Bonchev–Trinajstić information content (AvgIpc) is 2.68. The molecule has 0 spiro atoms. The summed E-state index contributed by atoms with van der Waals surface area (Å²) in [6.45, 7) is 5.90. The predicted molar refractivity (Wildman–Crippen MR) is 111 cm³/mol. The highest BCUT2D eigenvalue weighted by Crippen LogP contribution is 2.13. The molecule has 0 saturated carbocycles. The van der Waals surface area contributed by atoms with Crippen LogP contribution in [-0.4, -0.2) is 30.8 Å². The number of likely N-dealkylation sites (N-methyl/N-ethyl adjacent to an activating group) is 1. The van der Waals surface area contributed by atoms with Gasteiger partial charge in [0.05, 0.1) is 0 Å². The van der Waals surface area contributed by atoms with Gasteiger partial charge < -0.3 is 4.90 Å². The number of nitrogens with zero attached hydrogens (tertiary/aromatic N) is 1. The van der Waals surface area contributed by atoms with Crippen LogP contribution < -0.4 is 0 Å². The van der Waals surface area contributed by atoms with E-state index in [4.69, 9.17) is 0 Å². The average molecular weight is 350 g/mol. The Morgan fingerprint density at radius 3 is 2.19 bits per heavy atom. The second kappa shape index (κ2) is 11.4. The molecule has 0 radical (unpaired) electrons. The minimum atomic E-state index is 0.0959. The molecule has 0 saturated heterocycles. The second-order valence-corrected chi connectivity index (χ2v) is 6.96. The van der Waals surface area contributed by atoms with Gasteiger partial charge in [0, 0.05) is 17.7 Å². The van der Waals surface area contributed by atoms with Crippen LogP contribution in [0.3, 0.4) is 0 Å². The van der Waals surface area contributed by atoms with Crippen LogP contribution in [0, 0.1) is 0 Å². The van der Waals surface area contributed by atoms with Gasteiger partial charge in [0.25, 0.3) is 0 Å². The number of unbranched alkanes of at least 4 members (excludes halogenated alkanes) is 4. The van der Waals surface area contributed by atoms with E-state index in [-0.39, 0.29) is 5.78 Å². The van der Waals surface area contributed by atoms with E-state index in [1.54, 1.807) is 0 Å². The van der Waals surface area contributed by atoms with Gasteiger partial charge in [0.15, 0.2) is 5.78 Å². The lowest BCUT2D eigenvalue weighted by Crippen LogP contribution is -2.19. The maximum absolute atomic E-state index is 12.4. The summed E-state index contributed by atoms with van der Waals surface area (Å²) in [5, 5.41) is 0. The van der Waals surface area contributed by atoms with Crippen molar-refractivity contribution in [2.45, 2.75) is 38.5 Å². The highest BCUT2D eigenvalue weighted by Gasteiger charge is 2.07. The van der Waals surface area contributed by atoms with Gasteiger partial charge in [-0.3, -0.25) is 4.79 Å². The van der Waals surface area contributed by atoms with Crippen molar-refractivity contribution < 1.29 is 4.79 Å². The molecule has 0 aliphatic heterocycles. The summed E-state index contributed by atoms with van der Waals surface area (Å²) in [7, 11) is 2.15. The number of ketones is 1. The first-order chi connectivity index (χ1) is 12.7. The first-order valence-electron chi connectivity index (χ1n) is 9.69. The first kappa shape index (κ1) is 20.1. The molecule has 2 nitrogen and oxygen atoms in total. The third-order valence-electron chi connectivity index (χ3n) is 4.70. The van der Waals surface area contributed by atoms with Gasteiger partial charge in [0.1, 0.15) is 0 Å². The second-order valence-electron chi connectivity index (χ2n) is 6.96. The smallest absolute Gasteiger partial charge is 0.193 e. The lowest BCUT2D eigenvalue weighted by Gasteiger charge is -2.13. The molecule has 2 rings (SSSR count). The number of hydrogen-bond donors (Lipinski definition) is 0. The number of carbonyl (C=O) groups excluding carboxylic acids is 1. The zero-order chi connectivity index (χ0) is 18.6. The monoisotopic (exact) mass is 349 g/mol. The van der Waals surface area contributed by atoms with Crippen molar-refractivity contribution in [3.63, 3.8) is 0 Å². The van der Waals surface area contributed by atoms with Crippen LogP contribution in [0.5, 0.6) is 0 Å². The highest BCUT2D eigenvalue weighted by molar-refractivity contribution is 6.08. The molecule has 0 fully saturated rings. The van der Waals surface area contributed by atoms with Crippen molar-refractivity contribution in [3.05, 3.63) is 83.9 Å². The molecule has 0 atom stereocenters. The zero-order valence-corrected chi connectivity index (χ0v) is 16.0. The summed E-state index contributed by atoms with van der Waals surface area (Å²) in [6, 6.07) is 17.6. The summed E-state index contributed by atoms with van der Waals surface area (Å²) in [5.41, 5.74) is 2.84. The van der Waals surface area contributed by atoms with Crippen molar-refractivity contribution in [2.24, 2.45) is 0 Å². The molecule has 2 aromatic carbocycles. The summed E-state index contributed by atoms with van der Waals surface area (Å²) < 4.78 is 0. The molecular formula is C24H31NO. The number of aryl methyl sites for hydroxylation is 1. The fraction of sp³-hybridized carbons (Fsp3) is 0.375. The maximum atomic E-state index is 12.4. The number of hydrogen-bond acceptors (Lipinski definition) is 2. The van der Waals surface area contributed by atoms with Crippen LogP contribution in [0.2, 0.25) is 0 Å². The fourth-order valence-corrected chi connectivity index (χ4v) is 3.13. The third kappa shape index (κ3) is 6.97. The minimum absolute atomic E-state index is 0.0959. The SMILES string of the molecule is C=CCN(C)CCCCCCCc1ccc(C(=O)c2ccccc2)cc1. The van der Waals surface area contributed by atoms with E-state index in [2.05, 4.69) is 30.7 Å². The quantitative estimate of drug-likeness (QED) is 0.285. The molecule has 0 aromatic heterocycles. The lowest BCUT2D eigenvalue weighted by molar-refractivity contribution is 0.103.